The fourth-order valence-corrected chi connectivity index (χ4v) is 3.23. The van der Waals surface area contributed by atoms with Crippen molar-refractivity contribution >= 4 is 46.3 Å². The highest BCUT2D eigenvalue weighted by atomic mass is 35.5. The lowest BCUT2D eigenvalue weighted by Gasteiger charge is -2.15. The number of azo groups is 1. The molecule has 1 amide bonds. The van der Waals surface area contributed by atoms with Gasteiger partial charge in [0.15, 0.2) is 23.0 Å². The molecule has 0 saturated heterocycles. The molecule has 0 heterocycles. The Morgan fingerprint density at radius 2 is 1.61 bits per heavy atom. The monoisotopic (exact) mass is 497 g/mol. The van der Waals surface area contributed by atoms with Crippen molar-refractivity contribution in [2.75, 3.05) is 32.8 Å². The summed E-state index contributed by atoms with van der Waals surface area (Å²) >= 11 is 12.4. The summed E-state index contributed by atoms with van der Waals surface area (Å²) in [6.45, 7) is 5.49. The van der Waals surface area contributed by atoms with Crippen molar-refractivity contribution in [2.24, 2.45) is 10.2 Å². The lowest BCUT2D eigenvalue weighted by atomic mass is 10.2. The summed E-state index contributed by atoms with van der Waals surface area (Å²) in [7, 11) is 2.85. The maximum atomic E-state index is 12.9. The maximum absolute atomic E-state index is 12.9. The Balaban J connectivity index is 2.40. The fourth-order valence-electron chi connectivity index (χ4n) is 2.76. The third kappa shape index (κ3) is 6.49. The van der Waals surface area contributed by atoms with Crippen LogP contribution in [-0.2, 0) is 9.59 Å². The lowest BCUT2D eigenvalue weighted by molar-refractivity contribution is -0.126. The Hall–Kier alpha value is -3.04. The highest BCUT2D eigenvalue weighted by molar-refractivity contribution is 6.33. The number of benzene rings is 2. The molecule has 0 aliphatic rings. The molecule has 2 rings (SSSR count). The van der Waals surface area contributed by atoms with E-state index in [9.17, 15) is 9.59 Å². The van der Waals surface area contributed by atoms with Crippen LogP contribution in [0.3, 0.4) is 0 Å². The third-order valence-corrected chi connectivity index (χ3v) is 4.92. The van der Waals surface area contributed by atoms with Crippen molar-refractivity contribution in [3.63, 3.8) is 0 Å². The van der Waals surface area contributed by atoms with Gasteiger partial charge in [0.2, 0.25) is 6.04 Å². The predicted molar refractivity (Wildman–Crippen MR) is 126 cm³/mol. The third-order valence-electron chi connectivity index (χ3n) is 4.25. The summed E-state index contributed by atoms with van der Waals surface area (Å²) in [6.07, 6.45) is 0. The Morgan fingerprint density at radius 1 is 1.00 bits per heavy atom. The first-order chi connectivity index (χ1) is 15.8. The smallest absolute Gasteiger partial charge is 0.258 e. The second-order valence-electron chi connectivity index (χ2n) is 6.50. The van der Waals surface area contributed by atoms with Gasteiger partial charge in [0, 0.05) is 17.8 Å². The van der Waals surface area contributed by atoms with Gasteiger partial charge >= 0.3 is 0 Å². The van der Waals surface area contributed by atoms with Crippen LogP contribution < -0.4 is 24.3 Å². The van der Waals surface area contributed by atoms with E-state index in [1.165, 1.54) is 33.3 Å². The van der Waals surface area contributed by atoms with E-state index >= 15 is 0 Å². The molecule has 0 aliphatic carbocycles. The van der Waals surface area contributed by atoms with Gasteiger partial charge in [-0.1, -0.05) is 23.2 Å². The van der Waals surface area contributed by atoms with Crippen molar-refractivity contribution in [3.8, 4) is 23.0 Å². The van der Waals surface area contributed by atoms with E-state index in [-0.39, 0.29) is 28.0 Å². The number of ether oxygens (including phenoxy) is 4. The number of nitrogens with one attached hydrogen (secondary N) is 1. The highest BCUT2D eigenvalue weighted by Gasteiger charge is 2.25. The molecule has 1 N–H and O–H groups in total. The average molecular weight is 498 g/mol. The summed E-state index contributed by atoms with van der Waals surface area (Å²) in [5.41, 5.74) is 0.479. The minimum absolute atomic E-state index is 0.181. The minimum Gasteiger partial charge on any atom is -0.495 e. The number of amides is 1. The predicted octanol–water partition coefficient (Wildman–Crippen LogP) is 5.49. The number of hydrogen-bond donors (Lipinski definition) is 1. The van der Waals surface area contributed by atoms with Crippen molar-refractivity contribution in [2.45, 2.75) is 26.8 Å². The fraction of sp³-hybridized carbons (Fsp3) is 0.364. The molecular formula is C22H25Cl2N3O6. The van der Waals surface area contributed by atoms with Crippen molar-refractivity contribution in [1.29, 1.82) is 0 Å². The highest BCUT2D eigenvalue weighted by Crippen LogP contribution is 2.43. The number of carbonyl (C=O) groups excluding carboxylic acids is 2. The summed E-state index contributed by atoms with van der Waals surface area (Å²) in [6, 6.07) is 4.76. The van der Waals surface area contributed by atoms with Crippen molar-refractivity contribution in [3.05, 3.63) is 34.3 Å². The number of hydrogen-bond acceptors (Lipinski definition) is 8. The first-order valence-corrected chi connectivity index (χ1v) is 10.7. The van der Waals surface area contributed by atoms with Crippen molar-refractivity contribution in [1.82, 2.24) is 0 Å². The molecule has 1 unspecified atom stereocenters. The lowest BCUT2D eigenvalue weighted by Crippen LogP contribution is -2.31. The zero-order chi connectivity index (χ0) is 24.5. The first-order valence-electron chi connectivity index (χ1n) is 9.99. The van der Waals surface area contributed by atoms with Crippen LogP contribution in [0.15, 0.2) is 34.5 Å². The topological polar surface area (TPSA) is 108 Å². The number of Topliss-reactive ketones (excluding diaryl/α,β-unsaturated/α-hetero) is 1. The number of ketones is 1. The van der Waals surface area contributed by atoms with Crippen LogP contribution >= 0.6 is 23.2 Å². The van der Waals surface area contributed by atoms with Gasteiger partial charge in [0.25, 0.3) is 5.91 Å². The molecule has 0 saturated carbocycles. The molecule has 33 heavy (non-hydrogen) atoms. The molecule has 0 spiro atoms. The van der Waals surface area contributed by atoms with Crippen LogP contribution in [0.5, 0.6) is 23.0 Å². The molecule has 0 bridgehead atoms. The molecule has 0 aromatic heterocycles. The second kappa shape index (κ2) is 12.3. The van der Waals surface area contributed by atoms with Gasteiger partial charge in [-0.25, -0.2) is 0 Å². The summed E-state index contributed by atoms with van der Waals surface area (Å²) in [5, 5.41) is 11.2. The average Bonchev–Trinajstić information content (AvgIpc) is 2.78. The summed E-state index contributed by atoms with van der Waals surface area (Å²) in [4.78, 5) is 25.1. The molecular weight excluding hydrogens is 473 g/mol. The first kappa shape index (κ1) is 26.2. The Bertz CT molecular complexity index is 1020. The molecule has 0 fully saturated rings. The van der Waals surface area contributed by atoms with Crippen molar-refractivity contribution < 1.29 is 28.5 Å². The zero-order valence-corrected chi connectivity index (χ0v) is 20.4. The minimum atomic E-state index is -1.44. The van der Waals surface area contributed by atoms with Gasteiger partial charge in [0.05, 0.1) is 32.5 Å². The number of nitrogens with zero attached hydrogens (tertiary/aromatic N) is 2. The molecule has 0 aliphatic heterocycles. The molecule has 1 atom stereocenters. The number of rotatable bonds is 11. The number of anilines is 1. The normalized spacial score (nSPS) is 11.7. The van der Waals surface area contributed by atoms with E-state index in [0.29, 0.717) is 29.7 Å². The van der Waals surface area contributed by atoms with Crippen LogP contribution in [0.1, 0.15) is 20.8 Å². The van der Waals surface area contributed by atoms with Gasteiger partial charge in [-0.05, 0) is 32.9 Å². The number of halogens is 2. The number of methoxy groups -OCH3 is 2. The number of carbonyl (C=O) groups is 2. The SMILES string of the molecule is CCOc1ccc(Cl)c(OCC)c1N=NC(C(C)=O)C(=O)Nc1cc(OC)c(Cl)c(OC)c1. The largest absolute Gasteiger partial charge is 0.495 e. The van der Waals surface area contributed by atoms with Crippen LogP contribution in [0.25, 0.3) is 0 Å². The van der Waals surface area contributed by atoms with Gasteiger partial charge in [-0.2, -0.15) is 5.11 Å². The van der Waals surface area contributed by atoms with E-state index in [1.54, 1.807) is 26.0 Å². The van der Waals surface area contributed by atoms with Gasteiger partial charge in [-0.3, -0.25) is 9.59 Å². The van der Waals surface area contributed by atoms with Gasteiger partial charge in [0.1, 0.15) is 16.5 Å². The van der Waals surface area contributed by atoms with E-state index < -0.39 is 17.7 Å². The molecule has 2 aromatic rings. The summed E-state index contributed by atoms with van der Waals surface area (Å²) in [5.74, 6) is -0.0756. The zero-order valence-electron chi connectivity index (χ0n) is 18.9. The molecule has 2 aromatic carbocycles. The van der Waals surface area contributed by atoms with Gasteiger partial charge in [-0.15, -0.1) is 5.11 Å². The Kier molecular flexibility index (Phi) is 9.74. The van der Waals surface area contributed by atoms with E-state index in [1.807, 2.05) is 0 Å². The van der Waals surface area contributed by atoms with E-state index in [2.05, 4.69) is 15.5 Å². The maximum Gasteiger partial charge on any atom is 0.258 e. The Labute approximate surface area is 202 Å². The molecule has 11 heteroatoms. The van der Waals surface area contributed by atoms with E-state index in [0.717, 1.165) is 0 Å². The molecule has 178 valence electrons. The van der Waals surface area contributed by atoms with Crippen LogP contribution in [0, 0.1) is 0 Å². The van der Waals surface area contributed by atoms with Crippen LogP contribution in [0.2, 0.25) is 10.0 Å². The van der Waals surface area contributed by atoms with Crippen LogP contribution in [0.4, 0.5) is 11.4 Å². The Morgan fingerprint density at radius 3 is 2.12 bits per heavy atom. The van der Waals surface area contributed by atoms with E-state index in [4.69, 9.17) is 42.1 Å². The second-order valence-corrected chi connectivity index (χ2v) is 7.29. The molecule has 9 nitrogen and oxygen atoms in total. The summed E-state index contributed by atoms with van der Waals surface area (Å²) < 4.78 is 21.5. The van der Waals surface area contributed by atoms with Gasteiger partial charge < -0.3 is 24.3 Å². The van der Waals surface area contributed by atoms with Crippen LogP contribution in [-0.4, -0.2) is 45.2 Å². The quantitative estimate of drug-likeness (QED) is 0.324. The standard InChI is InChI=1S/C22H25Cl2N3O6/c1-6-32-15-9-8-14(23)21(33-7-2)20(15)27-26-19(12(3)28)22(29)25-13-10-16(30-4)18(24)17(11-13)31-5/h8-11,19H,6-7H2,1-5H3,(H,25,29). The molecule has 0 radical (unpaired) electrons.